The first-order chi connectivity index (χ1) is 9.79. The van der Waals surface area contributed by atoms with Crippen molar-refractivity contribution in [3.05, 3.63) is 41.0 Å². The van der Waals surface area contributed by atoms with Crippen molar-refractivity contribution in [3.8, 4) is 0 Å². The highest BCUT2D eigenvalue weighted by molar-refractivity contribution is 6.30. The SMILES string of the molecule is Cl.Cl.FC[C@@H](c1cc2ccccc2nc1Cl)N1CCNCC1. The van der Waals surface area contributed by atoms with Gasteiger partial charge in [0.05, 0.1) is 11.6 Å². The number of halogens is 4. The molecule has 0 spiro atoms. The van der Waals surface area contributed by atoms with Gasteiger partial charge in [0.25, 0.3) is 0 Å². The number of hydrogen-bond donors (Lipinski definition) is 1. The summed E-state index contributed by atoms with van der Waals surface area (Å²) in [6.45, 7) is 2.99. The maximum Gasteiger partial charge on any atom is 0.134 e. The quantitative estimate of drug-likeness (QED) is 0.841. The molecule has 1 N–H and O–H groups in total. The van der Waals surface area contributed by atoms with E-state index < -0.39 is 6.67 Å². The smallest absolute Gasteiger partial charge is 0.134 e. The lowest BCUT2D eigenvalue weighted by Gasteiger charge is -2.33. The Morgan fingerprint density at radius 1 is 1.23 bits per heavy atom. The van der Waals surface area contributed by atoms with Gasteiger partial charge < -0.3 is 5.32 Å². The Hall–Kier alpha value is -0.650. The van der Waals surface area contributed by atoms with Gasteiger partial charge in [0, 0.05) is 37.1 Å². The molecule has 0 amide bonds. The highest BCUT2D eigenvalue weighted by Crippen LogP contribution is 2.30. The molecule has 0 unspecified atom stereocenters. The number of alkyl halides is 1. The molecule has 0 bridgehead atoms. The van der Waals surface area contributed by atoms with Gasteiger partial charge in [0.1, 0.15) is 11.8 Å². The second kappa shape index (κ2) is 8.85. The van der Waals surface area contributed by atoms with Crippen molar-refractivity contribution < 1.29 is 4.39 Å². The van der Waals surface area contributed by atoms with Crippen molar-refractivity contribution in [1.29, 1.82) is 0 Å². The van der Waals surface area contributed by atoms with Crippen molar-refractivity contribution in [2.24, 2.45) is 0 Å². The molecular formula is C15H19Cl3FN3. The predicted octanol–water partition coefficient (Wildman–Crippen LogP) is 3.65. The summed E-state index contributed by atoms with van der Waals surface area (Å²) in [5.74, 6) is 0. The van der Waals surface area contributed by atoms with Crippen LogP contribution in [0.3, 0.4) is 0 Å². The number of aromatic nitrogens is 1. The van der Waals surface area contributed by atoms with Crippen LogP contribution in [0.5, 0.6) is 0 Å². The molecule has 1 atom stereocenters. The number of nitrogens with one attached hydrogen (secondary N) is 1. The second-order valence-electron chi connectivity index (χ2n) is 5.02. The van der Waals surface area contributed by atoms with Crippen molar-refractivity contribution in [2.75, 3.05) is 32.9 Å². The van der Waals surface area contributed by atoms with Crippen LogP contribution in [0, 0.1) is 0 Å². The Kier molecular flexibility index (Phi) is 7.80. The monoisotopic (exact) mass is 365 g/mol. The zero-order valence-electron chi connectivity index (χ0n) is 12.0. The third-order valence-corrected chi connectivity index (χ3v) is 4.10. The number of para-hydroxylation sites is 1. The van der Waals surface area contributed by atoms with Gasteiger partial charge in [0.15, 0.2) is 0 Å². The summed E-state index contributed by atoms with van der Waals surface area (Å²) in [4.78, 5) is 6.53. The summed E-state index contributed by atoms with van der Waals surface area (Å²) < 4.78 is 13.6. The number of piperazine rings is 1. The zero-order valence-corrected chi connectivity index (χ0v) is 14.4. The lowest BCUT2D eigenvalue weighted by molar-refractivity contribution is 0.147. The van der Waals surface area contributed by atoms with Gasteiger partial charge in [-0.25, -0.2) is 9.37 Å². The maximum absolute atomic E-state index is 13.6. The first kappa shape index (κ1) is 19.4. The van der Waals surface area contributed by atoms with Crippen LogP contribution in [-0.2, 0) is 0 Å². The highest BCUT2D eigenvalue weighted by atomic mass is 35.5. The van der Waals surface area contributed by atoms with Crippen molar-refractivity contribution in [3.63, 3.8) is 0 Å². The van der Waals surface area contributed by atoms with Gasteiger partial charge in [0.2, 0.25) is 0 Å². The Bertz CT molecular complexity index is 606. The highest BCUT2D eigenvalue weighted by Gasteiger charge is 2.24. The van der Waals surface area contributed by atoms with E-state index in [0.717, 1.165) is 42.6 Å². The topological polar surface area (TPSA) is 28.2 Å². The Balaban J connectivity index is 0.00000121. The van der Waals surface area contributed by atoms with Crippen LogP contribution in [-0.4, -0.2) is 42.7 Å². The van der Waals surface area contributed by atoms with Gasteiger partial charge >= 0.3 is 0 Å². The van der Waals surface area contributed by atoms with Crippen LogP contribution >= 0.6 is 36.4 Å². The van der Waals surface area contributed by atoms with E-state index in [1.54, 1.807) is 0 Å². The largest absolute Gasteiger partial charge is 0.314 e. The van der Waals surface area contributed by atoms with Crippen molar-refractivity contribution >= 4 is 47.3 Å². The summed E-state index contributed by atoms with van der Waals surface area (Å²) in [6.07, 6.45) is 0. The van der Waals surface area contributed by atoms with Crippen LogP contribution in [0.4, 0.5) is 4.39 Å². The summed E-state index contributed by atoms with van der Waals surface area (Å²) in [5.41, 5.74) is 1.63. The molecule has 122 valence electrons. The van der Waals surface area contributed by atoms with Crippen LogP contribution in [0.25, 0.3) is 10.9 Å². The van der Waals surface area contributed by atoms with E-state index in [0.29, 0.717) is 5.15 Å². The van der Waals surface area contributed by atoms with Gasteiger partial charge in [-0.2, -0.15) is 0 Å². The molecule has 0 aliphatic carbocycles. The molecule has 3 rings (SSSR count). The van der Waals surface area contributed by atoms with E-state index in [9.17, 15) is 4.39 Å². The Morgan fingerprint density at radius 3 is 2.59 bits per heavy atom. The van der Waals surface area contributed by atoms with E-state index in [-0.39, 0.29) is 30.9 Å². The summed E-state index contributed by atoms with van der Waals surface area (Å²) >= 11 is 6.28. The normalized spacial score (nSPS) is 16.6. The Labute approximate surface area is 147 Å². The number of rotatable bonds is 3. The van der Waals surface area contributed by atoms with Gasteiger partial charge in [-0.3, -0.25) is 4.90 Å². The molecule has 1 aliphatic rings. The lowest BCUT2D eigenvalue weighted by Crippen LogP contribution is -2.45. The van der Waals surface area contributed by atoms with Gasteiger partial charge in [-0.15, -0.1) is 24.8 Å². The fourth-order valence-corrected chi connectivity index (χ4v) is 2.99. The molecule has 2 heterocycles. The molecule has 1 aliphatic heterocycles. The molecule has 1 aromatic carbocycles. The van der Waals surface area contributed by atoms with Crippen LogP contribution in [0.1, 0.15) is 11.6 Å². The lowest BCUT2D eigenvalue weighted by atomic mass is 10.1. The molecular weight excluding hydrogens is 348 g/mol. The van der Waals surface area contributed by atoms with E-state index in [1.807, 2.05) is 30.3 Å². The predicted molar refractivity (Wildman–Crippen MR) is 94.4 cm³/mol. The van der Waals surface area contributed by atoms with Crippen LogP contribution in [0.15, 0.2) is 30.3 Å². The number of benzene rings is 1. The molecule has 1 aromatic heterocycles. The average Bonchev–Trinajstić information content (AvgIpc) is 2.49. The minimum Gasteiger partial charge on any atom is -0.314 e. The number of fused-ring (bicyclic) bond motifs is 1. The number of hydrogen-bond acceptors (Lipinski definition) is 3. The van der Waals surface area contributed by atoms with Gasteiger partial charge in [-0.1, -0.05) is 29.8 Å². The van der Waals surface area contributed by atoms with E-state index in [2.05, 4.69) is 15.2 Å². The fraction of sp³-hybridized carbons (Fsp3) is 0.400. The molecule has 1 fully saturated rings. The minimum atomic E-state index is -0.445. The third kappa shape index (κ3) is 4.00. The Morgan fingerprint density at radius 2 is 1.91 bits per heavy atom. The first-order valence-corrected chi connectivity index (χ1v) is 7.23. The third-order valence-electron chi connectivity index (χ3n) is 3.80. The standard InChI is InChI=1S/C15H17ClFN3.2ClH/c16-15-12(9-11-3-1-2-4-13(11)19-15)14(10-17)20-7-5-18-6-8-20;;/h1-4,9,14,18H,5-8,10H2;2*1H/t14-;;/m0../s1. The fourth-order valence-electron chi connectivity index (χ4n) is 2.71. The van der Waals surface area contributed by atoms with Crippen molar-refractivity contribution in [2.45, 2.75) is 6.04 Å². The van der Waals surface area contributed by atoms with Crippen LogP contribution in [0.2, 0.25) is 5.15 Å². The molecule has 1 saturated heterocycles. The summed E-state index contributed by atoms with van der Waals surface area (Å²) in [6, 6.07) is 9.44. The van der Waals surface area contributed by atoms with Crippen LogP contribution < -0.4 is 5.32 Å². The summed E-state index contributed by atoms with van der Waals surface area (Å²) in [5, 5.41) is 4.68. The molecule has 2 aromatic rings. The second-order valence-corrected chi connectivity index (χ2v) is 5.38. The molecule has 7 heteroatoms. The molecule has 0 saturated carbocycles. The zero-order chi connectivity index (χ0) is 13.9. The minimum absolute atomic E-state index is 0. The first-order valence-electron chi connectivity index (χ1n) is 6.85. The van der Waals surface area contributed by atoms with E-state index >= 15 is 0 Å². The number of nitrogens with zero attached hydrogens (tertiary/aromatic N) is 2. The number of pyridine rings is 1. The van der Waals surface area contributed by atoms with Crippen molar-refractivity contribution in [1.82, 2.24) is 15.2 Å². The van der Waals surface area contributed by atoms with E-state index in [4.69, 9.17) is 11.6 Å². The molecule has 22 heavy (non-hydrogen) atoms. The maximum atomic E-state index is 13.6. The molecule has 0 radical (unpaired) electrons. The molecule has 3 nitrogen and oxygen atoms in total. The average molecular weight is 367 g/mol. The van der Waals surface area contributed by atoms with E-state index in [1.165, 1.54) is 0 Å². The van der Waals surface area contributed by atoms with Gasteiger partial charge in [-0.05, 0) is 12.1 Å². The summed E-state index contributed by atoms with van der Waals surface area (Å²) in [7, 11) is 0.